The quantitative estimate of drug-likeness (QED) is 0.796. The van der Waals surface area contributed by atoms with Crippen molar-refractivity contribution in [1.82, 2.24) is 5.32 Å². The van der Waals surface area contributed by atoms with E-state index in [9.17, 15) is 4.79 Å². The van der Waals surface area contributed by atoms with Gasteiger partial charge < -0.3 is 19.5 Å². The number of nitrogens with one attached hydrogen (secondary N) is 1. The lowest BCUT2D eigenvalue weighted by molar-refractivity contribution is -0.123. The summed E-state index contributed by atoms with van der Waals surface area (Å²) in [5.74, 6) is 2.29. The number of fused-ring (bicyclic) bond motifs is 2. The van der Waals surface area contributed by atoms with Gasteiger partial charge in [0.05, 0.1) is 6.61 Å². The van der Waals surface area contributed by atoms with Gasteiger partial charge in [-0.25, -0.2) is 0 Å². The molecule has 4 rings (SSSR count). The van der Waals surface area contributed by atoms with E-state index in [-0.39, 0.29) is 18.6 Å². The molecule has 1 atom stereocenters. The maximum absolute atomic E-state index is 12.3. The smallest absolute Gasteiger partial charge is 0.258 e. The van der Waals surface area contributed by atoms with Crippen molar-refractivity contribution in [1.29, 1.82) is 0 Å². The summed E-state index contributed by atoms with van der Waals surface area (Å²) in [6.07, 6.45) is 4.50. The van der Waals surface area contributed by atoms with Gasteiger partial charge in [0.25, 0.3) is 5.91 Å². The molecule has 0 saturated carbocycles. The van der Waals surface area contributed by atoms with Gasteiger partial charge >= 0.3 is 0 Å². The van der Waals surface area contributed by atoms with Crippen LogP contribution in [0.4, 0.5) is 0 Å². The topological polar surface area (TPSA) is 56.8 Å². The molecule has 0 bridgehead atoms. The lowest BCUT2D eigenvalue weighted by Crippen LogP contribution is -2.28. The molecule has 2 aliphatic rings. The van der Waals surface area contributed by atoms with Crippen molar-refractivity contribution in [3.63, 3.8) is 0 Å². The van der Waals surface area contributed by atoms with E-state index in [1.807, 2.05) is 25.1 Å². The lowest BCUT2D eigenvalue weighted by Gasteiger charge is -2.14. The Balaban J connectivity index is 1.35. The van der Waals surface area contributed by atoms with Gasteiger partial charge in [-0.3, -0.25) is 4.79 Å². The first-order valence-corrected chi connectivity index (χ1v) is 10.1. The molecular weight excluding hydrogens is 354 g/mol. The fourth-order valence-corrected chi connectivity index (χ4v) is 3.94. The molecule has 1 heterocycles. The van der Waals surface area contributed by atoms with Gasteiger partial charge in [-0.2, -0.15) is 0 Å². The molecule has 0 saturated heterocycles. The predicted octanol–water partition coefficient (Wildman–Crippen LogP) is 3.59. The van der Waals surface area contributed by atoms with Gasteiger partial charge in [-0.1, -0.05) is 6.07 Å². The van der Waals surface area contributed by atoms with Gasteiger partial charge in [0.15, 0.2) is 6.61 Å². The highest BCUT2D eigenvalue weighted by molar-refractivity contribution is 5.77. The number of ether oxygens (including phenoxy) is 3. The highest BCUT2D eigenvalue weighted by Gasteiger charge is 2.22. The zero-order valence-corrected chi connectivity index (χ0v) is 16.5. The molecule has 0 unspecified atom stereocenters. The van der Waals surface area contributed by atoms with Crippen molar-refractivity contribution >= 4 is 5.91 Å². The number of carbonyl (C=O) groups excluding carboxylic acids is 1. The van der Waals surface area contributed by atoms with Crippen LogP contribution in [0.3, 0.4) is 0 Å². The Kier molecular flexibility index (Phi) is 5.42. The highest BCUT2D eigenvalue weighted by atomic mass is 16.5. The van der Waals surface area contributed by atoms with Crippen LogP contribution in [0.15, 0.2) is 30.3 Å². The number of hydrogen-bond acceptors (Lipinski definition) is 4. The van der Waals surface area contributed by atoms with Gasteiger partial charge in [0, 0.05) is 24.1 Å². The average Bonchev–Trinajstić information content (AvgIpc) is 3.29. The van der Waals surface area contributed by atoms with Crippen molar-refractivity contribution in [2.75, 3.05) is 13.2 Å². The minimum atomic E-state index is -0.155. The number of benzene rings is 2. The number of hydrogen-bond donors (Lipinski definition) is 1. The van der Waals surface area contributed by atoms with Gasteiger partial charge in [-0.15, -0.1) is 0 Å². The fraction of sp³-hybridized carbons (Fsp3) is 0.435. The molecule has 2 aromatic carbocycles. The molecule has 1 aliphatic heterocycles. The Morgan fingerprint density at radius 2 is 2.00 bits per heavy atom. The van der Waals surface area contributed by atoms with Crippen LogP contribution in [0.2, 0.25) is 0 Å². The van der Waals surface area contributed by atoms with E-state index >= 15 is 0 Å². The van der Waals surface area contributed by atoms with Crippen LogP contribution in [-0.2, 0) is 30.6 Å². The molecule has 148 valence electrons. The second kappa shape index (κ2) is 8.13. The van der Waals surface area contributed by atoms with Crippen LogP contribution in [0, 0.1) is 0 Å². The molecule has 5 heteroatoms. The lowest BCUT2D eigenvalue weighted by atomic mass is 10.1. The van der Waals surface area contributed by atoms with E-state index in [1.54, 1.807) is 0 Å². The Morgan fingerprint density at radius 1 is 1.14 bits per heavy atom. The summed E-state index contributed by atoms with van der Waals surface area (Å²) in [4.78, 5) is 12.3. The first-order chi connectivity index (χ1) is 13.6. The minimum absolute atomic E-state index is 0.00122. The van der Waals surface area contributed by atoms with Crippen LogP contribution < -0.4 is 19.5 Å². The van der Waals surface area contributed by atoms with Gasteiger partial charge in [0.1, 0.15) is 23.4 Å². The molecule has 0 fully saturated rings. The predicted molar refractivity (Wildman–Crippen MR) is 107 cm³/mol. The summed E-state index contributed by atoms with van der Waals surface area (Å²) >= 11 is 0. The van der Waals surface area contributed by atoms with E-state index in [2.05, 4.69) is 24.4 Å². The van der Waals surface area contributed by atoms with Crippen molar-refractivity contribution in [2.24, 2.45) is 0 Å². The maximum Gasteiger partial charge on any atom is 0.258 e. The zero-order chi connectivity index (χ0) is 19.5. The van der Waals surface area contributed by atoms with Crippen LogP contribution in [0.25, 0.3) is 0 Å². The van der Waals surface area contributed by atoms with Crippen molar-refractivity contribution in [2.45, 2.75) is 52.2 Å². The normalized spacial score (nSPS) is 16.9. The number of rotatable bonds is 7. The molecule has 5 nitrogen and oxygen atoms in total. The highest BCUT2D eigenvalue weighted by Crippen LogP contribution is 2.35. The minimum Gasteiger partial charge on any atom is -0.494 e. The number of carbonyl (C=O) groups is 1. The summed E-state index contributed by atoms with van der Waals surface area (Å²) in [6, 6.07) is 10.1. The molecule has 1 aliphatic carbocycles. The van der Waals surface area contributed by atoms with Crippen molar-refractivity contribution in [3.05, 3.63) is 52.6 Å². The van der Waals surface area contributed by atoms with Gasteiger partial charge in [-0.05, 0) is 68.5 Å². The maximum atomic E-state index is 12.3. The Labute approximate surface area is 166 Å². The van der Waals surface area contributed by atoms with E-state index in [4.69, 9.17) is 14.2 Å². The first kappa shape index (κ1) is 18.7. The zero-order valence-electron chi connectivity index (χ0n) is 16.5. The average molecular weight is 381 g/mol. The number of aryl methyl sites for hydroxylation is 2. The Bertz CT molecular complexity index is 877. The largest absolute Gasteiger partial charge is 0.494 e. The Morgan fingerprint density at radius 3 is 2.86 bits per heavy atom. The van der Waals surface area contributed by atoms with Crippen molar-refractivity contribution in [3.8, 4) is 17.2 Å². The molecule has 0 radical (unpaired) electrons. The first-order valence-electron chi connectivity index (χ1n) is 10.1. The summed E-state index contributed by atoms with van der Waals surface area (Å²) < 4.78 is 17.3. The molecule has 28 heavy (non-hydrogen) atoms. The Hall–Kier alpha value is -2.69. The van der Waals surface area contributed by atoms with E-state index in [0.717, 1.165) is 47.6 Å². The van der Waals surface area contributed by atoms with Crippen LogP contribution >= 0.6 is 0 Å². The second-order valence-corrected chi connectivity index (χ2v) is 7.48. The molecule has 2 aromatic rings. The van der Waals surface area contributed by atoms with E-state index in [0.29, 0.717) is 13.2 Å². The fourth-order valence-electron chi connectivity index (χ4n) is 3.94. The molecule has 0 aromatic heterocycles. The summed E-state index contributed by atoms with van der Waals surface area (Å²) in [5, 5.41) is 2.92. The molecular formula is C23H27NO4. The third-order valence-electron chi connectivity index (χ3n) is 5.29. The van der Waals surface area contributed by atoms with Crippen molar-refractivity contribution < 1.29 is 19.0 Å². The van der Waals surface area contributed by atoms with E-state index in [1.165, 1.54) is 17.5 Å². The van der Waals surface area contributed by atoms with E-state index < -0.39 is 0 Å². The van der Waals surface area contributed by atoms with Gasteiger partial charge in [0.2, 0.25) is 0 Å². The summed E-state index contributed by atoms with van der Waals surface area (Å²) in [7, 11) is 0. The standard InChI is InChI=1S/C23H27NO4/c1-3-26-21-11-18-9-15(2)28-22(18)12-19(21)13-24-23(25)14-27-20-8-7-16-5-4-6-17(16)10-20/h7-8,10-12,15H,3-6,9,13-14H2,1-2H3,(H,24,25)/t15-/m1/s1. The summed E-state index contributed by atoms with van der Waals surface area (Å²) in [5.41, 5.74) is 4.81. The van der Waals surface area contributed by atoms with Crippen LogP contribution in [0.1, 0.15) is 42.5 Å². The molecule has 0 spiro atoms. The second-order valence-electron chi connectivity index (χ2n) is 7.48. The third-order valence-corrected chi connectivity index (χ3v) is 5.29. The monoisotopic (exact) mass is 381 g/mol. The van der Waals surface area contributed by atoms with Crippen LogP contribution in [-0.4, -0.2) is 25.2 Å². The third kappa shape index (κ3) is 4.08. The number of amides is 1. The molecule has 1 N–H and O–H groups in total. The van der Waals surface area contributed by atoms with Crippen LogP contribution in [0.5, 0.6) is 17.2 Å². The summed E-state index contributed by atoms with van der Waals surface area (Å²) in [6.45, 7) is 4.98. The molecule has 1 amide bonds. The SMILES string of the molecule is CCOc1cc2c(cc1CNC(=O)COc1ccc3c(c1)CCC3)O[C@H](C)C2.